The Kier molecular flexibility index (Phi) is 17.4. The minimum Gasteiger partial charge on any atom is -0.392 e. The SMILES string of the molecule is C=CC(=O)Cl.C=CC(=O)Nc1cccc(-n2c(NC(=O)c3ccc(C(F)F)s3)nc3cc(C=O)ccc32)c1.C=CC(=O)Nc1cccc(-n2c(NC(=O)c3ccc(C(F)F)s3)nc3cc(CO)ccc32)c1. The summed E-state index contributed by atoms with van der Waals surface area (Å²) in [6, 6.07) is 28.8. The van der Waals surface area contributed by atoms with Gasteiger partial charge in [0.05, 0.1) is 59.6 Å². The van der Waals surface area contributed by atoms with Crippen molar-refractivity contribution in [3.63, 3.8) is 0 Å². The standard InChI is InChI=1S/C23H18F2N4O3S.C23H16F2N4O3S.C3H3ClO/c2*1-2-20(31)26-14-4-3-5-15(11-14)29-17-7-6-13(12-30)10-16(17)27-23(29)28-22(32)19-9-8-18(33-19)21(24)25;1-2-3(4)5/h2-11,21,30H,1,12H2,(H,26,31)(H,27,28,32);2-12,21H,1H2,(H,26,31)(H,27,28,32);2H,1H2. The molecule has 0 fully saturated rings. The Morgan fingerprint density at radius 3 is 1.46 bits per heavy atom. The molecule has 0 radical (unpaired) electrons. The van der Waals surface area contributed by atoms with Gasteiger partial charge >= 0.3 is 0 Å². The van der Waals surface area contributed by atoms with E-state index in [-0.39, 0.29) is 49.8 Å². The molecule has 8 rings (SSSR count). The first kappa shape index (κ1) is 52.0. The van der Waals surface area contributed by atoms with Crippen LogP contribution in [0.3, 0.4) is 0 Å². The molecule has 71 heavy (non-hydrogen) atoms. The number of aliphatic hydroxyl groups is 1. The highest BCUT2D eigenvalue weighted by molar-refractivity contribution is 7.14. The number of amides is 4. The highest BCUT2D eigenvalue weighted by Crippen LogP contribution is 2.32. The number of aromatic nitrogens is 4. The molecule has 4 heterocycles. The summed E-state index contributed by atoms with van der Waals surface area (Å²) in [5.41, 5.74) is 5.35. The largest absolute Gasteiger partial charge is 0.392 e. The predicted octanol–water partition coefficient (Wildman–Crippen LogP) is 11.0. The van der Waals surface area contributed by atoms with Crippen LogP contribution >= 0.6 is 34.3 Å². The molecule has 15 nitrogen and oxygen atoms in total. The van der Waals surface area contributed by atoms with Gasteiger partial charge in [-0.3, -0.25) is 48.5 Å². The highest BCUT2D eigenvalue weighted by Gasteiger charge is 2.22. The molecule has 4 aromatic heterocycles. The number of aliphatic hydroxyl groups excluding tert-OH is 1. The van der Waals surface area contributed by atoms with E-state index in [0.29, 0.717) is 84.9 Å². The third-order valence-electron chi connectivity index (χ3n) is 9.57. The van der Waals surface area contributed by atoms with Gasteiger partial charge < -0.3 is 15.7 Å². The van der Waals surface area contributed by atoms with E-state index in [4.69, 9.17) is 11.6 Å². The third kappa shape index (κ3) is 13.0. The van der Waals surface area contributed by atoms with E-state index in [0.717, 1.165) is 18.2 Å². The minimum absolute atomic E-state index is 0.101. The van der Waals surface area contributed by atoms with Crippen molar-refractivity contribution in [2.75, 3.05) is 21.3 Å². The van der Waals surface area contributed by atoms with Gasteiger partial charge in [-0.25, -0.2) is 27.5 Å². The maximum absolute atomic E-state index is 12.9. The maximum atomic E-state index is 12.9. The van der Waals surface area contributed by atoms with E-state index in [1.807, 2.05) is 0 Å². The number of hydrogen-bond acceptors (Lipinski definition) is 11. The Bertz CT molecular complexity index is 3350. The Morgan fingerprint density at radius 2 is 1.07 bits per heavy atom. The van der Waals surface area contributed by atoms with Gasteiger partial charge in [-0.15, -0.1) is 22.7 Å². The summed E-state index contributed by atoms with van der Waals surface area (Å²) >= 11 is 6.10. The van der Waals surface area contributed by atoms with E-state index < -0.39 is 29.9 Å². The van der Waals surface area contributed by atoms with Crippen LogP contribution in [0.1, 0.15) is 57.9 Å². The molecule has 362 valence electrons. The number of hydrogen-bond donors (Lipinski definition) is 5. The van der Waals surface area contributed by atoms with Crippen LogP contribution in [0, 0.1) is 0 Å². The first-order valence-corrected chi connectivity index (χ1v) is 22.4. The zero-order chi connectivity index (χ0) is 51.4. The summed E-state index contributed by atoms with van der Waals surface area (Å²) in [7, 11) is 0. The average Bonchev–Trinajstić information content (AvgIpc) is 4.19. The van der Waals surface area contributed by atoms with Crippen LogP contribution in [0.4, 0.5) is 40.8 Å². The first-order valence-electron chi connectivity index (χ1n) is 20.4. The van der Waals surface area contributed by atoms with Crippen LogP contribution in [0.5, 0.6) is 0 Å². The number of carbonyl (C=O) groups excluding carboxylic acids is 6. The second kappa shape index (κ2) is 23.8. The number of aldehydes is 1. The molecule has 0 aliphatic rings. The fourth-order valence-electron chi connectivity index (χ4n) is 6.43. The topological polar surface area (TPSA) is 206 Å². The lowest BCUT2D eigenvalue weighted by Gasteiger charge is -2.12. The summed E-state index contributed by atoms with van der Waals surface area (Å²) in [6.07, 6.45) is -1.32. The molecule has 0 unspecified atom stereocenters. The molecular formula is C49H37ClF4N8O7S2. The number of benzene rings is 4. The van der Waals surface area contributed by atoms with Gasteiger partial charge in [-0.05, 0) is 126 Å². The van der Waals surface area contributed by atoms with Crippen LogP contribution in [0.25, 0.3) is 33.4 Å². The lowest BCUT2D eigenvalue weighted by atomic mass is 10.2. The Hall–Kier alpha value is -8.37. The van der Waals surface area contributed by atoms with Crippen molar-refractivity contribution in [1.82, 2.24) is 19.1 Å². The number of anilines is 4. The summed E-state index contributed by atoms with van der Waals surface area (Å²) in [5, 5.41) is 19.6. The second-order valence-electron chi connectivity index (χ2n) is 14.3. The van der Waals surface area contributed by atoms with Gasteiger partial charge in [-0.2, -0.15) is 0 Å². The fourth-order valence-corrected chi connectivity index (χ4v) is 7.95. The number of nitrogens with zero attached hydrogens (tertiary/aromatic N) is 4. The molecule has 0 saturated carbocycles. The summed E-state index contributed by atoms with van der Waals surface area (Å²) in [4.78, 5) is 78.3. The number of fused-ring (bicyclic) bond motifs is 2. The number of thiophene rings is 2. The minimum atomic E-state index is -2.67. The molecule has 8 aromatic rings. The molecule has 0 spiro atoms. The normalized spacial score (nSPS) is 10.6. The monoisotopic (exact) mass is 1020 g/mol. The number of alkyl halides is 4. The average molecular weight is 1030 g/mol. The number of halogens is 5. The molecule has 0 bridgehead atoms. The fraction of sp³-hybridized carbons (Fsp3) is 0.0612. The second-order valence-corrected chi connectivity index (χ2v) is 16.9. The Morgan fingerprint density at radius 1 is 0.620 bits per heavy atom. The number of allylic oxidation sites excluding steroid dienone is 1. The van der Waals surface area contributed by atoms with Gasteiger partial charge in [0.1, 0.15) is 6.29 Å². The molecule has 22 heteroatoms. The van der Waals surface area contributed by atoms with Crippen molar-refractivity contribution in [1.29, 1.82) is 0 Å². The Labute approximate surface area is 413 Å². The number of carbonyl (C=O) groups is 6. The van der Waals surface area contributed by atoms with Crippen molar-refractivity contribution in [2.24, 2.45) is 0 Å². The van der Waals surface area contributed by atoms with E-state index >= 15 is 0 Å². The highest BCUT2D eigenvalue weighted by atomic mass is 35.5. The van der Waals surface area contributed by atoms with Gasteiger partial charge in [-0.1, -0.05) is 37.9 Å². The molecule has 0 atom stereocenters. The number of imidazole rings is 2. The summed E-state index contributed by atoms with van der Waals surface area (Å²) in [6.45, 7) is 9.76. The maximum Gasteiger partial charge on any atom is 0.272 e. The lowest BCUT2D eigenvalue weighted by molar-refractivity contribution is -0.112. The quantitative estimate of drug-likeness (QED) is 0.0286. The van der Waals surface area contributed by atoms with Crippen molar-refractivity contribution in [3.8, 4) is 11.4 Å². The van der Waals surface area contributed by atoms with Crippen molar-refractivity contribution in [3.05, 3.63) is 178 Å². The van der Waals surface area contributed by atoms with Crippen LogP contribution in [-0.4, -0.2) is 59.4 Å². The van der Waals surface area contributed by atoms with Crippen LogP contribution in [0.15, 0.2) is 147 Å². The molecule has 4 amide bonds. The molecule has 0 saturated heterocycles. The smallest absolute Gasteiger partial charge is 0.272 e. The lowest BCUT2D eigenvalue weighted by Crippen LogP contribution is -2.14. The zero-order valence-corrected chi connectivity index (χ0v) is 39.0. The number of rotatable bonds is 15. The van der Waals surface area contributed by atoms with Gasteiger partial charge in [0.2, 0.25) is 29.0 Å². The predicted molar refractivity (Wildman–Crippen MR) is 267 cm³/mol. The van der Waals surface area contributed by atoms with Crippen LogP contribution in [-0.2, 0) is 21.0 Å². The molecule has 5 N–H and O–H groups in total. The number of nitrogens with one attached hydrogen (secondary N) is 4. The van der Waals surface area contributed by atoms with Gasteiger partial charge in [0.15, 0.2) is 0 Å². The van der Waals surface area contributed by atoms with Crippen LogP contribution < -0.4 is 21.3 Å². The third-order valence-corrected chi connectivity index (χ3v) is 11.9. The zero-order valence-electron chi connectivity index (χ0n) is 36.6. The summed E-state index contributed by atoms with van der Waals surface area (Å²) in [5.74, 6) is -1.67. The Balaban J connectivity index is 0.000000212. The van der Waals surface area contributed by atoms with Gasteiger partial charge in [0, 0.05) is 16.9 Å². The van der Waals surface area contributed by atoms with Crippen molar-refractivity contribution < 1.29 is 51.4 Å². The molecule has 0 aliphatic carbocycles. The van der Waals surface area contributed by atoms with Gasteiger partial charge in [0.25, 0.3) is 24.7 Å². The van der Waals surface area contributed by atoms with E-state index in [1.54, 1.807) is 94.1 Å². The summed E-state index contributed by atoms with van der Waals surface area (Å²) < 4.78 is 55.0. The molecule has 0 aliphatic heterocycles. The van der Waals surface area contributed by atoms with Crippen LogP contribution in [0.2, 0.25) is 0 Å². The molecule has 4 aromatic carbocycles. The van der Waals surface area contributed by atoms with Crippen molar-refractivity contribution >= 4 is 115 Å². The van der Waals surface area contributed by atoms with E-state index in [2.05, 4.69) is 51.0 Å². The molecular weight excluding hydrogens is 988 g/mol. The van der Waals surface area contributed by atoms with E-state index in [9.17, 15) is 51.4 Å². The van der Waals surface area contributed by atoms with Crippen molar-refractivity contribution in [2.45, 2.75) is 19.5 Å². The first-order chi connectivity index (χ1) is 34.0. The van der Waals surface area contributed by atoms with E-state index in [1.165, 1.54) is 24.3 Å².